The number of carbonyl (C=O) groups excluding carboxylic acids is 1. The fraction of sp³-hybridized carbons (Fsp3) is 0.120. The Morgan fingerprint density at radius 1 is 0.867 bits per heavy atom. The van der Waals surface area contributed by atoms with Crippen molar-refractivity contribution in [2.24, 2.45) is 0 Å². The maximum Gasteiger partial charge on any atom is 0.258 e. The van der Waals surface area contributed by atoms with E-state index in [9.17, 15) is 4.79 Å². The summed E-state index contributed by atoms with van der Waals surface area (Å²) in [5, 5.41) is 3.88. The summed E-state index contributed by atoms with van der Waals surface area (Å²) < 4.78 is 5.63. The van der Waals surface area contributed by atoms with Crippen molar-refractivity contribution in [2.75, 3.05) is 6.61 Å². The molecule has 4 rings (SSSR count). The second kappa shape index (κ2) is 9.37. The van der Waals surface area contributed by atoms with Crippen LogP contribution in [0, 0.1) is 6.92 Å². The minimum absolute atomic E-state index is 0.0198. The van der Waals surface area contributed by atoms with Crippen LogP contribution in [0.15, 0.2) is 84.9 Å². The average Bonchev–Trinajstić information content (AvgIpc) is 3.18. The van der Waals surface area contributed by atoms with Crippen molar-refractivity contribution < 1.29 is 9.53 Å². The molecule has 4 nitrogen and oxygen atoms in total. The smallest absolute Gasteiger partial charge is 0.258 e. The van der Waals surface area contributed by atoms with E-state index in [0.717, 1.165) is 32.3 Å². The third kappa shape index (κ3) is 4.93. The molecule has 0 spiro atoms. The minimum atomic E-state index is -0.156. The van der Waals surface area contributed by atoms with Crippen LogP contribution in [0.3, 0.4) is 0 Å². The van der Waals surface area contributed by atoms with Crippen molar-refractivity contribution >= 4 is 17.2 Å². The molecule has 0 fully saturated rings. The molecule has 1 heterocycles. The zero-order valence-electron chi connectivity index (χ0n) is 16.7. The molecule has 1 aromatic heterocycles. The van der Waals surface area contributed by atoms with Gasteiger partial charge in [0.05, 0.1) is 12.2 Å². The summed E-state index contributed by atoms with van der Waals surface area (Å²) >= 11 is 1.60. The second-order valence-corrected chi connectivity index (χ2v) is 7.93. The van der Waals surface area contributed by atoms with Gasteiger partial charge in [-0.05, 0) is 30.2 Å². The molecule has 150 valence electrons. The highest BCUT2D eigenvalue weighted by molar-refractivity contribution is 7.15. The summed E-state index contributed by atoms with van der Waals surface area (Å²) in [6.45, 7) is 2.40. The summed E-state index contributed by atoms with van der Waals surface area (Å²) in [4.78, 5) is 17.9. The lowest BCUT2D eigenvalue weighted by atomic mass is 10.1. The van der Waals surface area contributed by atoms with Crippen LogP contribution in [-0.4, -0.2) is 17.5 Å². The molecule has 3 aromatic carbocycles. The third-order valence-electron chi connectivity index (χ3n) is 4.69. The van der Waals surface area contributed by atoms with Crippen LogP contribution in [0.4, 0.5) is 0 Å². The van der Waals surface area contributed by atoms with Gasteiger partial charge in [-0.15, -0.1) is 11.3 Å². The number of carbonyl (C=O) groups is 1. The molecule has 0 aliphatic rings. The van der Waals surface area contributed by atoms with Crippen LogP contribution in [-0.2, 0) is 11.3 Å². The van der Waals surface area contributed by atoms with Gasteiger partial charge in [0, 0.05) is 10.4 Å². The molecule has 30 heavy (non-hydrogen) atoms. The van der Waals surface area contributed by atoms with E-state index in [-0.39, 0.29) is 12.5 Å². The van der Waals surface area contributed by atoms with Gasteiger partial charge in [0.2, 0.25) is 0 Å². The Bertz CT molecular complexity index is 1110. The molecule has 0 radical (unpaired) electrons. The molecule has 0 saturated carbocycles. The Morgan fingerprint density at radius 3 is 2.13 bits per heavy atom. The van der Waals surface area contributed by atoms with Crippen LogP contribution in [0.25, 0.3) is 21.7 Å². The molecule has 1 N–H and O–H groups in total. The number of nitrogens with zero attached hydrogens (tertiary/aromatic N) is 1. The number of ether oxygens (including phenoxy) is 1. The molecule has 5 heteroatoms. The Kier molecular flexibility index (Phi) is 6.20. The first-order chi connectivity index (χ1) is 14.7. The van der Waals surface area contributed by atoms with E-state index in [1.54, 1.807) is 11.3 Å². The third-order valence-corrected chi connectivity index (χ3v) is 5.90. The summed E-state index contributed by atoms with van der Waals surface area (Å²) in [5.74, 6) is 0.515. The van der Waals surface area contributed by atoms with Gasteiger partial charge in [-0.2, -0.15) is 0 Å². The van der Waals surface area contributed by atoms with Crippen LogP contribution in [0.1, 0.15) is 10.6 Å². The molecule has 0 aliphatic carbocycles. The largest absolute Gasteiger partial charge is 0.484 e. The van der Waals surface area contributed by atoms with Crippen molar-refractivity contribution in [1.82, 2.24) is 10.3 Å². The number of benzene rings is 3. The van der Waals surface area contributed by atoms with Crippen LogP contribution < -0.4 is 10.1 Å². The van der Waals surface area contributed by atoms with Gasteiger partial charge >= 0.3 is 0 Å². The quantitative estimate of drug-likeness (QED) is 0.436. The standard InChI is InChI=1S/C25H22N2O2S/c1-18-23(30-25(27-18)21-10-6-3-7-11-21)16-26-24(28)17-29-22-14-12-20(13-15-22)19-8-4-2-5-9-19/h2-15H,16-17H2,1H3,(H,26,28). The maximum atomic E-state index is 12.2. The van der Waals surface area contributed by atoms with Crippen molar-refractivity contribution in [1.29, 1.82) is 0 Å². The SMILES string of the molecule is Cc1nc(-c2ccccc2)sc1CNC(=O)COc1ccc(-c2ccccc2)cc1. The first-order valence-electron chi connectivity index (χ1n) is 9.76. The van der Waals surface area contributed by atoms with Gasteiger partial charge in [-0.1, -0.05) is 72.8 Å². The highest BCUT2D eigenvalue weighted by atomic mass is 32.1. The highest BCUT2D eigenvalue weighted by Crippen LogP contribution is 2.27. The molecule has 0 aliphatic heterocycles. The lowest BCUT2D eigenvalue weighted by Gasteiger charge is -2.08. The lowest BCUT2D eigenvalue weighted by molar-refractivity contribution is -0.123. The van der Waals surface area contributed by atoms with Crippen LogP contribution >= 0.6 is 11.3 Å². The van der Waals surface area contributed by atoms with Gasteiger partial charge in [-0.25, -0.2) is 4.98 Å². The van der Waals surface area contributed by atoms with E-state index in [2.05, 4.69) is 22.4 Å². The monoisotopic (exact) mass is 414 g/mol. The summed E-state index contributed by atoms with van der Waals surface area (Å²) in [5.41, 5.74) is 4.29. The molecule has 4 aromatic rings. The van der Waals surface area contributed by atoms with E-state index < -0.39 is 0 Å². The fourth-order valence-corrected chi connectivity index (χ4v) is 4.06. The zero-order chi connectivity index (χ0) is 20.8. The van der Waals surface area contributed by atoms with Gasteiger partial charge in [0.15, 0.2) is 6.61 Å². The van der Waals surface area contributed by atoms with Gasteiger partial charge in [-0.3, -0.25) is 4.79 Å². The predicted molar refractivity (Wildman–Crippen MR) is 122 cm³/mol. The van der Waals surface area contributed by atoms with Crippen molar-refractivity contribution in [3.8, 4) is 27.4 Å². The number of aromatic nitrogens is 1. The Morgan fingerprint density at radius 2 is 1.47 bits per heavy atom. The van der Waals surface area contributed by atoms with Crippen LogP contribution in [0.2, 0.25) is 0 Å². The van der Waals surface area contributed by atoms with E-state index in [1.165, 1.54) is 0 Å². The first-order valence-corrected chi connectivity index (χ1v) is 10.6. The number of hydrogen-bond donors (Lipinski definition) is 1. The van der Waals surface area contributed by atoms with E-state index in [1.807, 2.05) is 79.7 Å². The average molecular weight is 415 g/mol. The van der Waals surface area contributed by atoms with Crippen molar-refractivity contribution in [3.63, 3.8) is 0 Å². The second-order valence-electron chi connectivity index (χ2n) is 6.85. The summed E-state index contributed by atoms with van der Waals surface area (Å²) in [7, 11) is 0. The van der Waals surface area contributed by atoms with E-state index in [4.69, 9.17) is 4.74 Å². The molecule has 0 unspecified atom stereocenters. The summed E-state index contributed by atoms with van der Waals surface area (Å²) in [6.07, 6.45) is 0. The number of aryl methyl sites for hydroxylation is 1. The van der Waals surface area contributed by atoms with Crippen LogP contribution in [0.5, 0.6) is 5.75 Å². The molecular formula is C25H22N2O2S. The Hall–Kier alpha value is -3.44. The molecule has 1 amide bonds. The minimum Gasteiger partial charge on any atom is -0.484 e. The molecule has 0 atom stereocenters. The van der Waals surface area contributed by atoms with Gasteiger partial charge < -0.3 is 10.1 Å². The predicted octanol–water partition coefficient (Wildman–Crippen LogP) is 5.48. The topological polar surface area (TPSA) is 51.2 Å². The number of rotatable bonds is 7. The fourth-order valence-electron chi connectivity index (χ4n) is 3.05. The lowest BCUT2D eigenvalue weighted by Crippen LogP contribution is -2.28. The summed E-state index contributed by atoms with van der Waals surface area (Å²) in [6, 6.07) is 28.0. The zero-order valence-corrected chi connectivity index (χ0v) is 17.5. The van der Waals surface area contributed by atoms with E-state index in [0.29, 0.717) is 12.3 Å². The van der Waals surface area contributed by atoms with Gasteiger partial charge in [0.25, 0.3) is 5.91 Å². The first kappa shape index (κ1) is 19.9. The highest BCUT2D eigenvalue weighted by Gasteiger charge is 2.11. The molecule has 0 bridgehead atoms. The maximum absolute atomic E-state index is 12.2. The normalized spacial score (nSPS) is 10.6. The van der Waals surface area contributed by atoms with Gasteiger partial charge in [0.1, 0.15) is 10.8 Å². The number of amides is 1. The van der Waals surface area contributed by atoms with Crippen molar-refractivity contribution in [2.45, 2.75) is 13.5 Å². The van der Waals surface area contributed by atoms with Crippen molar-refractivity contribution in [3.05, 3.63) is 95.5 Å². The molecular weight excluding hydrogens is 392 g/mol. The Labute approximate surface area is 180 Å². The molecule has 0 saturated heterocycles. The number of thiazole rings is 1. The Balaban J connectivity index is 1.29. The number of nitrogens with one attached hydrogen (secondary N) is 1. The number of hydrogen-bond acceptors (Lipinski definition) is 4. The van der Waals surface area contributed by atoms with E-state index >= 15 is 0 Å².